The third-order valence-corrected chi connectivity index (χ3v) is 3.52. The first kappa shape index (κ1) is 16.3. The lowest BCUT2D eigenvalue weighted by molar-refractivity contribution is 0.0946. The van der Waals surface area contributed by atoms with Crippen LogP contribution in [0.4, 0.5) is 0 Å². The van der Waals surface area contributed by atoms with Gasteiger partial charge in [-0.15, -0.1) is 5.10 Å². The predicted octanol–water partition coefficient (Wildman–Crippen LogP) is 1.79. The van der Waals surface area contributed by atoms with E-state index in [1.807, 2.05) is 0 Å². The summed E-state index contributed by atoms with van der Waals surface area (Å²) < 4.78 is 10.8. The van der Waals surface area contributed by atoms with Gasteiger partial charge in [-0.2, -0.15) is 0 Å². The quantitative estimate of drug-likeness (QED) is 0.708. The minimum absolute atomic E-state index is 0.0611. The molecule has 3 N–H and O–H groups in total. The Labute approximate surface area is 142 Å². The van der Waals surface area contributed by atoms with Gasteiger partial charge in [0.1, 0.15) is 16.9 Å². The van der Waals surface area contributed by atoms with E-state index in [2.05, 4.69) is 10.5 Å². The fourth-order valence-electron chi connectivity index (χ4n) is 2.24. The van der Waals surface area contributed by atoms with Crippen LogP contribution in [0.3, 0.4) is 0 Å². The second-order valence-corrected chi connectivity index (χ2v) is 5.15. The molecule has 1 heterocycles. The first-order valence-corrected chi connectivity index (χ1v) is 7.39. The molecule has 2 aromatic carbocycles. The minimum Gasteiger partial charge on any atom is -0.497 e. The number of ether oxygens (including phenoxy) is 1. The Hall–Kier alpha value is -3.61. The van der Waals surface area contributed by atoms with Gasteiger partial charge >= 0.3 is 0 Å². The lowest BCUT2D eigenvalue weighted by atomic mass is 10.1. The molecule has 7 nitrogen and oxygen atoms in total. The van der Waals surface area contributed by atoms with E-state index in [0.717, 1.165) is 0 Å². The fraction of sp³-hybridized carbons (Fsp3) is 0.0556. The third kappa shape index (κ3) is 3.50. The lowest BCUT2D eigenvalue weighted by Gasteiger charge is -2.04. The van der Waals surface area contributed by atoms with E-state index in [1.54, 1.807) is 54.6 Å². The van der Waals surface area contributed by atoms with Gasteiger partial charge in [0, 0.05) is 17.0 Å². The molecule has 0 saturated heterocycles. The maximum atomic E-state index is 12.1. The van der Waals surface area contributed by atoms with Crippen LogP contribution in [0.2, 0.25) is 0 Å². The maximum Gasteiger partial charge on any atom is 0.271 e. The number of rotatable bonds is 4. The molecule has 0 aliphatic rings. The standard InChI is InChI=1S/C18H15N3O4/c1-24-13-8-7-12-9-14(16(19)22)18(25-15(12)10-13)21-20-17(23)11-5-3-2-4-6-11/h2-10H,1H3,(H2,19,22)(H,20,23)/b21-18-. The van der Waals surface area contributed by atoms with Crippen molar-refractivity contribution in [3.63, 3.8) is 0 Å². The molecule has 1 aromatic heterocycles. The Kier molecular flexibility index (Phi) is 4.47. The monoisotopic (exact) mass is 337 g/mol. The molecule has 3 aromatic rings. The van der Waals surface area contributed by atoms with E-state index >= 15 is 0 Å². The van der Waals surface area contributed by atoms with E-state index in [1.165, 1.54) is 7.11 Å². The Balaban J connectivity index is 2.04. The number of benzene rings is 2. The molecule has 0 radical (unpaired) electrons. The van der Waals surface area contributed by atoms with Gasteiger partial charge in [-0.3, -0.25) is 9.59 Å². The number of carbonyl (C=O) groups excluding carboxylic acids is 2. The van der Waals surface area contributed by atoms with E-state index in [4.69, 9.17) is 14.9 Å². The van der Waals surface area contributed by atoms with Gasteiger partial charge in [0.25, 0.3) is 11.8 Å². The highest BCUT2D eigenvalue weighted by Crippen LogP contribution is 2.20. The summed E-state index contributed by atoms with van der Waals surface area (Å²) >= 11 is 0. The summed E-state index contributed by atoms with van der Waals surface area (Å²) in [5.74, 6) is -0.562. The Morgan fingerprint density at radius 3 is 2.56 bits per heavy atom. The molecular formula is C18H15N3O4. The van der Waals surface area contributed by atoms with Gasteiger partial charge < -0.3 is 14.9 Å². The van der Waals surface area contributed by atoms with Gasteiger partial charge in [-0.05, 0) is 30.3 Å². The number of carbonyl (C=O) groups is 2. The van der Waals surface area contributed by atoms with E-state index in [9.17, 15) is 9.59 Å². The number of nitrogens with zero attached hydrogens (tertiary/aromatic N) is 1. The van der Waals surface area contributed by atoms with Crippen molar-refractivity contribution in [3.05, 3.63) is 71.3 Å². The highest BCUT2D eigenvalue weighted by atomic mass is 16.5. The number of fused-ring (bicyclic) bond motifs is 1. The number of nitrogens with two attached hydrogens (primary N) is 1. The molecule has 3 rings (SSSR count). The van der Waals surface area contributed by atoms with Crippen molar-refractivity contribution in [3.8, 4) is 5.75 Å². The highest BCUT2D eigenvalue weighted by Gasteiger charge is 2.11. The molecular weight excluding hydrogens is 322 g/mol. The molecule has 7 heteroatoms. The maximum absolute atomic E-state index is 12.1. The van der Waals surface area contributed by atoms with Crippen molar-refractivity contribution in [1.29, 1.82) is 0 Å². The predicted molar refractivity (Wildman–Crippen MR) is 90.8 cm³/mol. The molecule has 0 spiro atoms. The van der Waals surface area contributed by atoms with Crippen LogP contribution in [0.25, 0.3) is 11.0 Å². The fourth-order valence-corrected chi connectivity index (χ4v) is 2.24. The summed E-state index contributed by atoms with van der Waals surface area (Å²) in [4.78, 5) is 23.7. The largest absolute Gasteiger partial charge is 0.497 e. The summed E-state index contributed by atoms with van der Waals surface area (Å²) in [5.41, 5.74) is 8.58. The molecule has 126 valence electrons. The molecule has 0 aliphatic heterocycles. The first-order valence-electron chi connectivity index (χ1n) is 7.39. The SMILES string of the molecule is COc1ccc2cc(C(N)=O)/c(=N/NC(=O)c3ccccc3)oc2c1. The summed E-state index contributed by atoms with van der Waals surface area (Å²) in [5, 5.41) is 4.56. The van der Waals surface area contributed by atoms with E-state index in [-0.39, 0.29) is 11.1 Å². The second-order valence-electron chi connectivity index (χ2n) is 5.15. The zero-order chi connectivity index (χ0) is 17.8. The summed E-state index contributed by atoms with van der Waals surface area (Å²) in [6.07, 6.45) is 0. The second kappa shape index (κ2) is 6.88. The Morgan fingerprint density at radius 2 is 1.88 bits per heavy atom. The van der Waals surface area contributed by atoms with E-state index < -0.39 is 11.8 Å². The molecule has 0 atom stereocenters. The number of hydrogen-bond donors (Lipinski definition) is 2. The summed E-state index contributed by atoms with van der Waals surface area (Å²) in [6.45, 7) is 0. The van der Waals surface area contributed by atoms with Crippen LogP contribution in [0.5, 0.6) is 5.75 Å². The molecule has 0 saturated carbocycles. The molecule has 0 unspecified atom stereocenters. The van der Waals surface area contributed by atoms with Crippen molar-refractivity contribution in [1.82, 2.24) is 5.43 Å². The van der Waals surface area contributed by atoms with Gasteiger partial charge in [0.15, 0.2) is 0 Å². The molecule has 0 bridgehead atoms. The zero-order valence-electron chi connectivity index (χ0n) is 13.4. The number of hydrogen-bond acceptors (Lipinski definition) is 5. The zero-order valence-corrected chi connectivity index (χ0v) is 13.4. The minimum atomic E-state index is -0.714. The molecule has 2 amide bonds. The van der Waals surface area contributed by atoms with Crippen LogP contribution in [-0.4, -0.2) is 18.9 Å². The van der Waals surface area contributed by atoms with Crippen molar-refractivity contribution in [2.24, 2.45) is 10.8 Å². The van der Waals surface area contributed by atoms with Crippen LogP contribution >= 0.6 is 0 Å². The Bertz CT molecular complexity index is 1010. The molecule has 0 aliphatic carbocycles. The average molecular weight is 337 g/mol. The number of primary amides is 1. The van der Waals surface area contributed by atoms with Crippen LogP contribution in [0.15, 0.2) is 64.1 Å². The van der Waals surface area contributed by atoms with Crippen LogP contribution in [0, 0.1) is 0 Å². The Morgan fingerprint density at radius 1 is 1.12 bits per heavy atom. The van der Waals surface area contributed by atoms with Gasteiger partial charge in [-0.1, -0.05) is 18.2 Å². The van der Waals surface area contributed by atoms with Gasteiger partial charge in [0.05, 0.1) is 7.11 Å². The molecule has 0 fully saturated rings. The average Bonchev–Trinajstić information content (AvgIpc) is 2.65. The normalized spacial score (nSPS) is 11.3. The van der Waals surface area contributed by atoms with Crippen LogP contribution < -0.4 is 21.5 Å². The summed E-state index contributed by atoms with van der Waals surface area (Å²) in [6, 6.07) is 15.2. The van der Waals surface area contributed by atoms with Crippen molar-refractivity contribution < 1.29 is 18.7 Å². The lowest BCUT2D eigenvalue weighted by Crippen LogP contribution is -2.27. The van der Waals surface area contributed by atoms with Crippen LogP contribution in [0.1, 0.15) is 20.7 Å². The van der Waals surface area contributed by atoms with Crippen molar-refractivity contribution in [2.45, 2.75) is 0 Å². The van der Waals surface area contributed by atoms with Crippen molar-refractivity contribution in [2.75, 3.05) is 7.11 Å². The van der Waals surface area contributed by atoms with Gasteiger partial charge in [0.2, 0.25) is 5.55 Å². The number of amides is 2. The smallest absolute Gasteiger partial charge is 0.271 e. The van der Waals surface area contributed by atoms with Crippen LogP contribution in [-0.2, 0) is 0 Å². The number of nitrogens with one attached hydrogen (secondary N) is 1. The van der Waals surface area contributed by atoms with Gasteiger partial charge in [-0.25, -0.2) is 5.43 Å². The summed E-state index contributed by atoms with van der Waals surface area (Å²) in [7, 11) is 1.53. The number of methoxy groups -OCH3 is 1. The molecule has 25 heavy (non-hydrogen) atoms. The first-order chi connectivity index (χ1) is 12.1. The topological polar surface area (TPSA) is 107 Å². The highest BCUT2D eigenvalue weighted by molar-refractivity contribution is 5.96. The third-order valence-electron chi connectivity index (χ3n) is 3.52. The van der Waals surface area contributed by atoms with E-state index in [0.29, 0.717) is 22.3 Å². The van der Waals surface area contributed by atoms with Crippen molar-refractivity contribution >= 4 is 22.8 Å².